The Morgan fingerprint density at radius 2 is 1.76 bits per heavy atom. The van der Waals surface area contributed by atoms with Crippen LogP contribution < -0.4 is 0 Å². The molecule has 5 nitrogen and oxygen atoms in total. The maximum absolute atomic E-state index is 12.7. The molecular weight excluding hydrogens is 360 g/mol. The van der Waals surface area contributed by atoms with Gasteiger partial charge in [0.15, 0.2) is 0 Å². The van der Waals surface area contributed by atoms with Gasteiger partial charge in [-0.25, -0.2) is 8.42 Å². The summed E-state index contributed by atoms with van der Waals surface area (Å²) < 4.78 is 26.8. The number of nitrogens with zero attached hydrogens (tertiary/aromatic N) is 2. The summed E-state index contributed by atoms with van der Waals surface area (Å²) in [5, 5.41) is 11.1. The van der Waals surface area contributed by atoms with Crippen LogP contribution >= 0.6 is 11.6 Å². The van der Waals surface area contributed by atoms with E-state index >= 15 is 0 Å². The first-order valence-corrected chi connectivity index (χ1v) is 9.88. The second-order valence-corrected chi connectivity index (χ2v) is 8.62. The van der Waals surface area contributed by atoms with Crippen LogP contribution in [0.15, 0.2) is 59.5 Å². The van der Waals surface area contributed by atoms with Crippen molar-refractivity contribution in [3.8, 4) is 0 Å². The molecule has 1 saturated heterocycles. The zero-order valence-corrected chi connectivity index (χ0v) is 15.5. The van der Waals surface area contributed by atoms with Gasteiger partial charge in [0.2, 0.25) is 10.0 Å². The highest BCUT2D eigenvalue weighted by atomic mass is 35.5. The van der Waals surface area contributed by atoms with Crippen molar-refractivity contribution in [1.29, 1.82) is 0 Å². The zero-order valence-electron chi connectivity index (χ0n) is 13.9. The van der Waals surface area contributed by atoms with E-state index in [-0.39, 0.29) is 24.0 Å². The minimum atomic E-state index is -3.60. The Balaban J connectivity index is 1.74. The van der Waals surface area contributed by atoms with Crippen LogP contribution in [-0.4, -0.2) is 55.0 Å². The van der Waals surface area contributed by atoms with E-state index in [9.17, 15) is 13.5 Å². The molecule has 2 atom stereocenters. The number of hydrogen-bond acceptors (Lipinski definition) is 4. The van der Waals surface area contributed by atoms with E-state index in [0.29, 0.717) is 11.6 Å². The summed E-state index contributed by atoms with van der Waals surface area (Å²) in [6, 6.07) is 15.6. The van der Waals surface area contributed by atoms with Crippen LogP contribution in [0.4, 0.5) is 0 Å². The van der Waals surface area contributed by atoms with Crippen molar-refractivity contribution >= 4 is 21.6 Å². The number of halogens is 1. The Bertz CT molecular complexity index is 829. The second kappa shape index (κ2) is 7.43. The Morgan fingerprint density at radius 3 is 2.44 bits per heavy atom. The molecule has 0 bridgehead atoms. The average Bonchev–Trinajstić information content (AvgIpc) is 3.00. The number of hydrogen-bond donors (Lipinski definition) is 1. The summed E-state index contributed by atoms with van der Waals surface area (Å²) in [5.74, 6) is 0. The number of sulfonamides is 1. The molecular formula is C18H21ClN2O3S. The molecule has 7 heteroatoms. The lowest BCUT2D eigenvalue weighted by Gasteiger charge is -2.26. The summed E-state index contributed by atoms with van der Waals surface area (Å²) >= 11 is 6.20. The molecule has 1 heterocycles. The number of aliphatic hydroxyl groups is 1. The zero-order chi connectivity index (χ0) is 18.0. The summed E-state index contributed by atoms with van der Waals surface area (Å²) in [6.07, 6.45) is -0.744. The number of rotatable bonds is 5. The van der Waals surface area contributed by atoms with Gasteiger partial charge in [-0.05, 0) is 30.8 Å². The molecule has 0 amide bonds. The van der Waals surface area contributed by atoms with Crippen LogP contribution in [0.3, 0.4) is 0 Å². The molecule has 1 aliphatic rings. The van der Waals surface area contributed by atoms with Gasteiger partial charge in [-0.3, -0.25) is 4.90 Å². The molecule has 0 spiro atoms. The summed E-state index contributed by atoms with van der Waals surface area (Å²) in [7, 11) is -1.73. The van der Waals surface area contributed by atoms with Crippen LogP contribution in [0.1, 0.15) is 5.56 Å². The predicted octanol–water partition coefficient (Wildman–Crippen LogP) is 2.21. The van der Waals surface area contributed by atoms with E-state index in [4.69, 9.17) is 11.6 Å². The predicted molar refractivity (Wildman–Crippen MR) is 97.9 cm³/mol. The second-order valence-electron chi connectivity index (χ2n) is 6.28. The molecule has 25 heavy (non-hydrogen) atoms. The largest absolute Gasteiger partial charge is 0.390 e. The molecule has 0 saturated carbocycles. The molecule has 1 aliphatic heterocycles. The quantitative estimate of drug-likeness (QED) is 0.863. The third-order valence-corrected chi connectivity index (χ3v) is 6.76. The average molecular weight is 381 g/mol. The fourth-order valence-corrected chi connectivity index (χ4v) is 4.81. The number of likely N-dealkylation sites (N-methyl/N-ethyl adjacent to an activating group) is 1. The lowest BCUT2D eigenvalue weighted by Crippen LogP contribution is -2.40. The number of aliphatic hydroxyl groups excluding tert-OH is 1. The molecule has 0 radical (unpaired) electrons. The van der Waals surface area contributed by atoms with Crippen molar-refractivity contribution in [2.24, 2.45) is 0 Å². The summed E-state index contributed by atoms with van der Waals surface area (Å²) in [5.41, 5.74) is 0.947. The third kappa shape index (κ3) is 3.88. The Morgan fingerprint density at radius 1 is 1.12 bits per heavy atom. The van der Waals surface area contributed by atoms with Gasteiger partial charge < -0.3 is 5.11 Å². The molecule has 1 N–H and O–H groups in total. The van der Waals surface area contributed by atoms with E-state index < -0.39 is 16.1 Å². The van der Waals surface area contributed by atoms with Gasteiger partial charge in [0, 0.05) is 24.7 Å². The number of β-amino-alcohol motifs (C(OH)–C–C–N with tert-alkyl or cyclic N) is 1. The Labute approximate surface area is 153 Å². The summed E-state index contributed by atoms with van der Waals surface area (Å²) in [4.78, 5) is 2.20. The minimum Gasteiger partial charge on any atom is -0.390 e. The van der Waals surface area contributed by atoms with Gasteiger partial charge >= 0.3 is 0 Å². The maximum atomic E-state index is 12.7. The van der Waals surface area contributed by atoms with E-state index in [2.05, 4.69) is 0 Å². The first-order valence-electron chi connectivity index (χ1n) is 8.06. The fraction of sp³-hybridized carbons (Fsp3) is 0.333. The highest BCUT2D eigenvalue weighted by Gasteiger charge is 2.40. The van der Waals surface area contributed by atoms with E-state index in [0.717, 1.165) is 5.56 Å². The molecule has 0 unspecified atom stereocenters. The topological polar surface area (TPSA) is 60.9 Å². The lowest BCUT2D eigenvalue weighted by atomic mass is 10.1. The van der Waals surface area contributed by atoms with Gasteiger partial charge in [0.1, 0.15) is 0 Å². The Hall–Kier alpha value is -1.44. The van der Waals surface area contributed by atoms with Gasteiger partial charge in [-0.2, -0.15) is 4.31 Å². The van der Waals surface area contributed by atoms with E-state index in [1.807, 2.05) is 36.2 Å². The number of benzene rings is 2. The monoisotopic (exact) mass is 380 g/mol. The first kappa shape index (κ1) is 18.4. The SMILES string of the molecule is CN(Cc1ccccc1Cl)[C@@H]1CN(S(=O)(=O)c2ccccc2)C[C@H]1O. The first-order chi connectivity index (χ1) is 11.9. The minimum absolute atomic E-state index is 0.0920. The molecule has 3 rings (SSSR count). The molecule has 2 aromatic rings. The maximum Gasteiger partial charge on any atom is 0.243 e. The smallest absolute Gasteiger partial charge is 0.243 e. The van der Waals surface area contributed by atoms with Gasteiger partial charge in [-0.1, -0.05) is 48.0 Å². The molecule has 0 aliphatic carbocycles. The third-order valence-electron chi connectivity index (χ3n) is 4.55. The van der Waals surface area contributed by atoms with Crippen molar-refractivity contribution in [2.75, 3.05) is 20.1 Å². The van der Waals surface area contributed by atoms with Crippen LogP contribution in [-0.2, 0) is 16.6 Å². The van der Waals surface area contributed by atoms with Crippen molar-refractivity contribution in [1.82, 2.24) is 9.21 Å². The van der Waals surface area contributed by atoms with Crippen molar-refractivity contribution in [2.45, 2.75) is 23.6 Å². The standard InChI is InChI=1S/C18H21ClN2O3S/c1-20(11-14-7-5-6-10-16(14)19)17-12-21(13-18(17)22)25(23,24)15-8-3-2-4-9-15/h2-10,17-18,22H,11-13H2,1H3/t17-,18-/m1/s1. The van der Waals surface area contributed by atoms with Crippen molar-refractivity contribution < 1.29 is 13.5 Å². The van der Waals surface area contributed by atoms with Gasteiger partial charge in [0.25, 0.3) is 0 Å². The van der Waals surface area contributed by atoms with E-state index in [1.165, 1.54) is 4.31 Å². The Kier molecular flexibility index (Phi) is 5.46. The molecule has 1 fully saturated rings. The van der Waals surface area contributed by atoms with E-state index in [1.54, 1.807) is 30.3 Å². The van der Waals surface area contributed by atoms with Crippen molar-refractivity contribution in [3.05, 3.63) is 65.2 Å². The van der Waals surface area contributed by atoms with Gasteiger partial charge in [0.05, 0.1) is 17.0 Å². The summed E-state index contributed by atoms with van der Waals surface area (Å²) in [6.45, 7) is 0.884. The molecule has 0 aromatic heterocycles. The van der Waals surface area contributed by atoms with Crippen molar-refractivity contribution in [3.63, 3.8) is 0 Å². The molecule has 134 valence electrons. The normalized spacial score (nSPS) is 21.8. The highest BCUT2D eigenvalue weighted by Crippen LogP contribution is 2.25. The molecule has 2 aromatic carbocycles. The van der Waals surface area contributed by atoms with Crippen LogP contribution in [0.5, 0.6) is 0 Å². The highest BCUT2D eigenvalue weighted by molar-refractivity contribution is 7.89. The van der Waals surface area contributed by atoms with Crippen LogP contribution in [0.2, 0.25) is 5.02 Å². The fourth-order valence-electron chi connectivity index (χ4n) is 3.12. The lowest BCUT2D eigenvalue weighted by molar-refractivity contribution is 0.0953. The van der Waals surface area contributed by atoms with Crippen LogP contribution in [0, 0.1) is 0 Å². The van der Waals surface area contributed by atoms with Crippen LogP contribution in [0.25, 0.3) is 0 Å². The van der Waals surface area contributed by atoms with Gasteiger partial charge in [-0.15, -0.1) is 0 Å².